The van der Waals surface area contributed by atoms with Gasteiger partial charge in [-0.1, -0.05) is 18.6 Å². The van der Waals surface area contributed by atoms with Gasteiger partial charge in [0.05, 0.1) is 6.20 Å². The molecule has 3 fully saturated rings. The van der Waals surface area contributed by atoms with Gasteiger partial charge in [0, 0.05) is 44.6 Å². The van der Waals surface area contributed by atoms with E-state index < -0.39 is 0 Å². The van der Waals surface area contributed by atoms with Crippen LogP contribution in [-0.4, -0.2) is 61.6 Å². The molecule has 1 amide bonds. The molecule has 0 unspecified atom stereocenters. The lowest BCUT2D eigenvalue weighted by molar-refractivity contribution is -0.0642. The topological polar surface area (TPSA) is 45.8 Å². The number of hydrogen-bond donors (Lipinski definition) is 0. The summed E-state index contributed by atoms with van der Waals surface area (Å²) in [6.45, 7) is 2.71. The van der Waals surface area contributed by atoms with Gasteiger partial charge in [0.15, 0.2) is 0 Å². The standard InChI is InChI=1S/C25H30FN5O/c1-28-9-10-31-24(28)21(14-27-31)25(32)29-15-18-13-19(16-29)23(30-8-3-2-7-22(18)30)12-17-5-4-6-20(26)11-17/h4-6,9-11,14,18-19,22-23H,2-3,7-8,12-13,15-16H2,1H3/t18-,19+,22+,23+/m1/s1. The second kappa shape index (κ2) is 7.73. The van der Waals surface area contributed by atoms with E-state index in [1.54, 1.807) is 16.8 Å². The molecule has 0 saturated carbocycles. The minimum absolute atomic E-state index is 0.0882. The van der Waals surface area contributed by atoms with Gasteiger partial charge in [0.1, 0.15) is 17.0 Å². The molecule has 3 aromatic rings. The molecule has 2 aromatic heterocycles. The molecule has 0 aliphatic carbocycles. The summed E-state index contributed by atoms with van der Waals surface area (Å²) in [6.07, 6.45) is 11.2. The summed E-state index contributed by atoms with van der Waals surface area (Å²) in [7, 11) is 1.95. The highest BCUT2D eigenvalue weighted by Gasteiger charge is 2.48. The first-order valence-corrected chi connectivity index (χ1v) is 11.9. The molecule has 4 atom stereocenters. The molecule has 5 heterocycles. The highest BCUT2D eigenvalue weighted by atomic mass is 19.1. The van der Waals surface area contributed by atoms with Crippen molar-refractivity contribution in [3.8, 4) is 0 Å². The van der Waals surface area contributed by atoms with Crippen molar-refractivity contribution >= 4 is 11.6 Å². The molecule has 6 rings (SSSR count). The Morgan fingerprint density at radius 2 is 2.06 bits per heavy atom. The molecular weight excluding hydrogens is 405 g/mol. The number of piperidine rings is 3. The van der Waals surface area contributed by atoms with Crippen molar-refractivity contribution in [2.24, 2.45) is 18.9 Å². The average Bonchev–Trinajstić information content (AvgIpc) is 3.39. The third-order valence-corrected chi connectivity index (χ3v) is 8.01. The molecule has 0 radical (unpaired) electrons. The Kier molecular flexibility index (Phi) is 4.82. The summed E-state index contributed by atoms with van der Waals surface area (Å²) in [5, 5.41) is 4.38. The Morgan fingerprint density at radius 3 is 2.94 bits per heavy atom. The quantitative estimate of drug-likeness (QED) is 0.634. The zero-order valence-corrected chi connectivity index (χ0v) is 18.5. The maximum absolute atomic E-state index is 13.9. The van der Waals surface area contributed by atoms with Crippen LogP contribution >= 0.6 is 0 Å². The first-order chi connectivity index (χ1) is 15.6. The van der Waals surface area contributed by atoms with Gasteiger partial charge in [-0.25, -0.2) is 8.91 Å². The number of carbonyl (C=O) groups excluding carboxylic acids is 1. The number of amides is 1. The van der Waals surface area contributed by atoms with E-state index in [-0.39, 0.29) is 11.7 Å². The van der Waals surface area contributed by atoms with E-state index in [1.807, 2.05) is 36.1 Å². The van der Waals surface area contributed by atoms with E-state index in [4.69, 9.17) is 0 Å². The van der Waals surface area contributed by atoms with Crippen molar-refractivity contribution in [3.63, 3.8) is 0 Å². The smallest absolute Gasteiger partial charge is 0.259 e. The lowest BCUT2D eigenvalue weighted by atomic mass is 9.71. The molecule has 3 saturated heterocycles. The lowest BCUT2D eigenvalue weighted by Crippen LogP contribution is -2.64. The molecular formula is C25H30FN5O. The summed E-state index contributed by atoms with van der Waals surface area (Å²) >= 11 is 0. The SMILES string of the molecule is Cn1ccn2ncc(C(=O)N3C[C@H]4C[C@@H](C3)[C@H](Cc3cccc(F)c3)N3CCCC[C@@H]43)c12. The highest BCUT2D eigenvalue weighted by Crippen LogP contribution is 2.42. The number of likely N-dealkylation sites (tertiary alicyclic amines) is 1. The number of benzene rings is 1. The van der Waals surface area contributed by atoms with Crippen LogP contribution in [0.1, 0.15) is 41.6 Å². The van der Waals surface area contributed by atoms with Crippen LogP contribution < -0.4 is 0 Å². The molecule has 0 spiro atoms. The van der Waals surface area contributed by atoms with Gasteiger partial charge in [0.25, 0.3) is 5.91 Å². The van der Waals surface area contributed by atoms with E-state index in [2.05, 4.69) is 14.9 Å². The predicted octanol–water partition coefficient (Wildman–Crippen LogP) is 3.37. The van der Waals surface area contributed by atoms with Crippen LogP contribution in [-0.2, 0) is 13.5 Å². The van der Waals surface area contributed by atoms with Crippen LogP contribution in [0.15, 0.2) is 42.9 Å². The number of carbonyl (C=O) groups is 1. The molecule has 0 N–H and O–H groups in total. The summed E-state index contributed by atoms with van der Waals surface area (Å²) in [5.41, 5.74) is 2.59. The number of aryl methyl sites for hydroxylation is 1. The van der Waals surface area contributed by atoms with Gasteiger partial charge in [-0.2, -0.15) is 5.10 Å². The van der Waals surface area contributed by atoms with E-state index in [9.17, 15) is 9.18 Å². The van der Waals surface area contributed by atoms with Crippen LogP contribution in [0.3, 0.4) is 0 Å². The Bertz CT molecular complexity index is 1150. The van der Waals surface area contributed by atoms with Crippen LogP contribution in [0.2, 0.25) is 0 Å². The Labute approximate surface area is 187 Å². The van der Waals surface area contributed by atoms with E-state index in [0.717, 1.165) is 37.3 Å². The van der Waals surface area contributed by atoms with E-state index >= 15 is 0 Å². The second-order valence-corrected chi connectivity index (χ2v) is 9.90. The molecule has 1 aromatic carbocycles. The number of halogens is 1. The zero-order chi connectivity index (χ0) is 21.8. The third kappa shape index (κ3) is 3.25. The summed E-state index contributed by atoms with van der Waals surface area (Å²) in [5.74, 6) is 0.848. The average molecular weight is 436 g/mol. The number of fused-ring (bicyclic) bond motifs is 5. The third-order valence-electron chi connectivity index (χ3n) is 8.01. The number of rotatable bonds is 3. The van der Waals surface area contributed by atoms with E-state index in [1.165, 1.54) is 31.7 Å². The fourth-order valence-electron chi connectivity index (χ4n) is 6.63. The monoisotopic (exact) mass is 435 g/mol. The Morgan fingerprint density at radius 1 is 1.19 bits per heavy atom. The lowest BCUT2D eigenvalue weighted by Gasteiger charge is -2.57. The summed E-state index contributed by atoms with van der Waals surface area (Å²) < 4.78 is 17.6. The van der Waals surface area contributed by atoms with Crippen molar-refractivity contribution in [3.05, 3.63) is 59.8 Å². The van der Waals surface area contributed by atoms with Gasteiger partial charge in [-0.15, -0.1) is 0 Å². The van der Waals surface area contributed by atoms with Gasteiger partial charge < -0.3 is 9.47 Å². The second-order valence-electron chi connectivity index (χ2n) is 9.90. The van der Waals surface area contributed by atoms with Crippen molar-refractivity contribution in [1.29, 1.82) is 0 Å². The number of aromatic nitrogens is 3. The first kappa shape index (κ1) is 20.0. The molecule has 7 heteroatoms. The number of imidazole rings is 1. The van der Waals surface area contributed by atoms with Crippen molar-refractivity contribution in [2.75, 3.05) is 19.6 Å². The minimum Gasteiger partial charge on any atom is -0.338 e. The molecule has 32 heavy (non-hydrogen) atoms. The summed E-state index contributed by atoms with van der Waals surface area (Å²) in [4.78, 5) is 18.4. The zero-order valence-electron chi connectivity index (χ0n) is 18.5. The maximum atomic E-state index is 13.9. The maximum Gasteiger partial charge on any atom is 0.259 e. The first-order valence-electron chi connectivity index (χ1n) is 11.9. The number of nitrogens with zero attached hydrogens (tertiary/aromatic N) is 5. The molecule has 6 nitrogen and oxygen atoms in total. The molecule has 2 bridgehead atoms. The minimum atomic E-state index is -0.167. The molecule has 3 aliphatic rings. The van der Waals surface area contributed by atoms with Crippen molar-refractivity contribution in [1.82, 2.24) is 24.0 Å². The van der Waals surface area contributed by atoms with E-state index in [0.29, 0.717) is 29.5 Å². The van der Waals surface area contributed by atoms with Gasteiger partial charge in [0.2, 0.25) is 0 Å². The van der Waals surface area contributed by atoms with Crippen LogP contribution in [0, 0.1) is 17.7 Å². The molecule has 168 valence electrons. The predicted molar refractivity (Wildman–Crippen MR) is 120 cm³/mol. The highest BCUT2D eigenvalue weighted by molar-refractivity contribution is 5.99. The van der Waals surface area contributed by atoms with Crippen LogP contribution in [0.4, 0.5) is 4.39 Å². The van der Waals surface area contributed by atoms with Gasteiger partial charge >= 0.3 is 0 Å². The van der Waals surface area contributed by atoms with Crippen LogP contribution in [0.25, 0.3) is 5.65 Å². The largest absolute Gasteiger partial charge is 0.338 e. The van der Waals surface area contributed by atoms with Crippen molar-refractivity contribution < 1.29 is 9.18 Å². The fourth-order valence-corrected chi connectivity index (χ4v) is 6.63. The van der Waals surface area contributed by atoms with Gasteiger partial charge in [-0.3, -0.25) is 9.69 Å². The fraction of sp³-hybridized carbons (Fsp3) is 0.520. The van der Waals surface area contributed by atoms with Crippen molar-refractivity contribution in [2.45, 2.75) is 44.2 Å². The Balaban J connectivity index is 1.30. The molecule has 3 aliphatic heterocycles. The number of hydrogen-bond acceptors (Lipinski definition) is 3. The Hall–Kier alpha value is -2.67. The van der Waals surface area contributed by atoms with Gasteiger partial charge in [-0.05, 0) is 61.8 Å². The summed E-state index contributed by atoms with van der Waals surface area (Å²) in [6, 6.07) is 7.93. The normalized spacial score (nSPS) is 28.1. The van der Waals surface area contributed by atoms with Crippen LogP contribution in [0.5, 0.6) is 0 Å².